The van der Waals surface area contributed by atoms with Gasteiger partial charge in [-0.05, 0) is 26.2 Å². The summed E-state index contributed by atoms with van der Waals surface area (Å²) in [4.78, 5) is 11.8. The zero-order chi connectivity index (χ0) is 13.0. The van der Waals surface area contributed by atoms with Gasteiger partial charge >= 0.3 is 5.97 Å². The second-order valence-corrected chi connectivity index (χ2v) is 4.25. The predicted molar refractivity (Wildman–Crippen MR) is 65.6 cm³/mol. The van der Waals surface area contributed by atoms with E-state index in [0.29, 0.717) is 37.2 Å². The van der Waals surface area contributed by atoms with Crippen LogP contribution in [0.15, 0.2) is 6.20 Å². The lowest BCUT2D eigenvalue weighted by Gasteiger charge is -2.27. The molecule has 1 aromatic rings. The first kappa shape index (κ1) is 12.9. The maximum atomic E-state index is 11.8. The second-order valence-electron chi connectivity index (χ2n) is 4.25. The van der Waals surface area contributed by atoms with Crippen molar-refractivity contribution < 1.29 is 14.3 Å². The number of hydrogen-bond donors (Lipinski definition) is 1. The van der Waals surface area contributed by atoms with Gasteiger partial charge in [0.2, 0.25) is 5.88 Å². The smallest absolute Gasteiger partial charge is 0.345 e. The highest BCUT2D eigenvalue weighted by atomic mass is 16.5. The molecule has 1 aliphatic rings. The van der Waals surface area contributed by atoms with Gasteiger partial charge in [-0.2, -0.15) is 5.10 Å². The molecule has 1 aromatic heterocycles. The molecule has 1 heterocycles. The summed E-state index contributed by atoms with van der Waals surface area (Å²) in [6, 6.07) is 0.334. The highest BCUT2D eigenvalue weighted by molar-refractivity contribution is 5.91. The average molecular weight is 253 g/mol. The van der Waals surface area contributed by atoms with E-state index < -0.39 is 5.97 Å². The first-order valence-corrected chi connectivity index (χ1v) is 6.35. The number of rotatable bonds is 6. The fourth-order valence-corrected chi connectivity index (χ4v) is 1.89. The number of carbonyl (C=O) groups excluding carboxylic acids is 1. The summed E-state index contributed by atoms with van der Waals surface area (Å²) in [6.07, 6.45) is 4.85. The zero-order valence-electron chi connectivity index (χ0n) is 10.6. The van der Waals surface area contributed by atoms with Crippen molar-refractivity contribution in [3.8, 4) is 5.88 Å². The predicted octanol–water partition coefficient (Wildman–Crippen LogP) is 1.12. The normalized spacial score (nSPS) is 15.2. The maximum absolute atomic E-state index is 11.8. The average Bonchev–Trinajstić information content (AvgIpc) is 2.68. The lowest BCUT2D eigenvalue weighted by atomic mass is 9.93. The molecular formula is C12H19N3O3. The topological polar surface area (TPSA) is 79.4 Å². The molecule has 0 aliphatic heterocycles. The Balaban J connectivity index is 2.21. The number of esters is 1. The van der Waals surface area contributed by atoms with E-state index in [9.17, 15) is 4.79 Å². The van der Waals surface area contributed by atoms with Gasteiger partial charge in [0.1, 0.15) is 12.2 Å². The number of carbonyl (C=O) groups is 1. The van der Waals surface area contributed by atoms with Crippen LogP contribution in [0.3, 0.4) is 0 Å². The molecule has 6 heteroatoms. The van der Waals surface area contributed by atoms with Gasteiger partial charge < -0.3 is 15.2 Å². The van der Waals surface area contributed by atoms with Gasteiger partial charge in [-0.25, -0.2) is 9.48 Å². The summed E-state index contributed by atoms with van der Waals surface area (Å²) in [6.45, 7) is 2.88. The van der Waals surface area contributed by atoms with E-state index in [4.69, 9.17) is 15.2 Å². The molecule has 100 valence electrons. The molecule has 2 N–H and O–H groups in total. The SMILES string of the molecule is CCOC(=O)c1cnn(C2CCC2)c1OCCN. The minimum Gasteiger partial charge on any atom is -0.476 e. The maximum Gasteiger partial charge on any atom is 0.345 e. The Kier molecular flexibility index (Phi) is 4.19. The van der Waals surface area contributed by atoms with Crippen LogP contribution < -0.4 is 10.5 Å². The first-order valence-electron chi connectivity index (χ1n) is 6.35. The van der Waals surface area contributed by atoms with Gasteiger partial charge in [-0.15, -0.1) is 0 Å². The molecule has 6 nitrogen and oxygen atoms in total. The molecule has 0 atom stereocenters. The molecule has 0 bridgehead atoms. The van der Waals surface area contributed by atoms with Gasteiger partial charge in [0.25, 0.3) is 0 Å². The van der Waals surface area contributed by atoms with Gasteiger partial charge in [0, 0.05) is 6.54 Å². The van der Waals surface area contributed by atoms with Crippen molar-refractivity contribution in [2.24, 2.45) is 5.73 Å². The Hall–Kier alpha value is -1.56. The Morgan fingerprint density at radius 3 is 2.94 bits per heavy atom. The monoisotopic (exact) mass is 253 g/mol. The van der Waals surface area contributed by atoms with E-state index in [1.54, 1.807) is 11.6 Å². The van der Waals surface area contributed by atoms with Crippen molar-refractivity contribution in [3.05, 3.63) is 11.8 Å². The van der Waals surface area contributed by atoms with Crippen LogP contribution in [0, 0.1) is 0 Å². The minimum atomic E-state index is -0.393. The van der Waals surface area contributed by atoms with Gasteiger partial charge in [-0.3, -0.25) is 0 Å². The second kappa shape index (κ2) is 5.86. The minimum absolute atomic E-state index is 0.334. The lowest BCUT2D eigenvalue weighted by molar-refractivity contribution is 0.0520. The van der Waals surface area contributed by atoms with Crippen molar-refractivity contribution in [1.29, 1.82) is 0 Å². The molecule has 0 radical (unpaired) electrons. The Labute approximate surface area is 106 Å². The van der Waals surface area contributed by atoms with Crippen LogP contribution >= 0.6 is 0 Å². The van der Waals surface area contributed by atoms with E-state index in [0.717, 1.165) is 12.8 Å². The molecule has 0 spiro atoms. The van der Waals surface area contributed by atoms with Crippen molar-refractivity contribution in [3.63, 3.8) is 0 Å². The van der Waals surface area contributed by atoms with Crippen LogP contribution in [0.1, 0.15) is 42.6 Å². The zero-order valence-corrected chi connectivity index (χ0v) is 10.6. The number of ether oxygens (including phenoxy) is 2. The summed E-state index contributed by atoms with van der Waals surface area (Å²) in [5.41, 5.74) is 5.82. The number of nitrogens with zero attached hydrogens (tertiary/aromatic N) is 2. The molecule has 0 aromatic carbocycles. The lowest BCUT2D eigenvalue weighted by Crippen LogP contribution is -2.21. The van der Waals surface area contributed by atoms with Gasteiger partial charge in [0.05, 0.1) is 18.8 Å². The standard InChI is InChI=1S/C12H19N3O3/c1-2-17-12(16)10-8-14-15(9-4-3-5-9)11(10)18-7-6-13/h8-9H,2-7,13H2,1H3. The van der Waals surface area contributed by atoms with Crippen LogP contribution in [0.5, 0.6) is 5.88 Å². The number of aromatic nitrogens is 2. The third kappa shape index (κ3) is 2.48. The summed E-state index contributed by atoms with van der Waals surface area (Å²) >= 11 is 0. The summed E-state index contributed by atoms with van der Waals surface area (Å²) in [5.74, 6) is 0.0960. The Morgan fingerprint density at radius 1 is 1.61 bits per heavy atom. The molecule has 1 aliphatic carbocycles. The fourth-order valence-electron chi connectivity index (χ4n) is 1.89. The quantitative estimate of drug-likeness (QED) is 0.768. The van der Waals surface area contributed by atoms with Crippen molar-refractivity contribution >= 4 is 5.97 Å². The molecular weight excluding hydrogens is 234 g/mol. The third-order valence-corrected chi connectivity index (χ3v) is 3.02. The molecule has 0 unspecified atom stereocenters. The fraction of sp³-hybridized carbons (Fsp3) is 0.667. The van der Waals surface area contributed by atoms with Crippen LogP contribution in [-0.2, 0) is 4.74 Å². The van der Waals surface area contributed by atoms with Crippen molar-refractivity contribution in [2.45, 2.75) is 32.2 Å². The highest BCUT2D eigenvalue weighted by Gasteiger charge is 2.27. The van der Waals surface area contributed by atoms with Crippen molar-refractivity contribution in [2.75, 3.05) is 19.8 Å². The molecule has 1 fully saturated rings. The Bertz CT molecular complexity index is 413. The van der Waals surface area contributed by atoms with Crippen molar-refractivity contribution in [1.82, 2.24) is 9.78 Å². The molecule has 2 rings (SSSR count). The van der Waals surface area contributed by atoms with Gasteiger partial charge in [-0.1, -0.05) is 0 Å². The van der Waals surface area contributed by atoms with E-state index in [2.05, 4.69) is 5.10 Å². The van der Waals surface area contributed by atoms with Crippen LogP contribution in [0.4, 0.5) is 0 Å². The first-order chi connectivity index (χ1) is 8.77. The number of hydrogen-bond acceptors (Lipinski definition) is 5. The van der Waals surface area contributed by atoms with Crippen LogP contribution in [-0.4, -0.2) is 35.5 Å². The van der Waals surface area contributed by atoms with Crippen LogP contribution in [0.2, 0.25) is 0 Å². The van der Waals surface area contributed by atoms with E-state index >= 15 is 0 Å². The molecule has 0 amide bonds. The Morgan fingerprint density at radius 2 is 2.39 bits per heavy atom. The summed E-state index contributed by atoms with van der Waals surface area (Å²) in [5, 5.41) is 4.24. The summed E-state index contributed by atoms with van der Waals surface area (Å²) < 4.78 is 12.3. The number of nitrogens with two attached hydrogens (primary N) is 1. The van der Waals surface area contributed by atoms with Gasteiger partial charge in [0.15, 0.2) is 0 Å². The van der Waals surface area contributed by atoms with Crippen LogP contribution in [0.25, 0.3) is 0 Å². The van der Waals surface area contributed by atoms with E-state index in [-0.39, 0.29) is 0 Å². The largest absolute Gasteiger partial charge is 0.476 e. The third-order valence-electron chi connectivity index (χ3n) is 3.02. The molecule has 0 saturated heterocycles. The van der Waals surface area contributed by atoms with E-state index in [1.807, 2.05) is 0 Å². The molecule has 1 saturated carbocycles. The van der Waals surface area contributed by atoms with E-state index in [1.165, 1.54) is 12.6 Å². The molecule has 18 heavy (non-hydrogen) atoms. The summed E-state index contributed by atoms with van der Waals surface area (Å²) in [7, 11) is 0. The highest BCUT2D eigenvalue weighted by Crippen LogP contribution is 2.35.